The molecule has 0 atom stereocenters. The Kier molecular flexibility index (Phi) is 6.54. The Labute approximate surface area is 233 Å². The lowest BCUT2D eigenvalue weighted by atomic mass is 9.93. The molecule has 1 fully saturated rings. The number of pyridine rings is 1. The quantitative estimate of drug-likeness (QED) is 0.212. The highest BCUT2D eigenvalue weighted by Gasteiger charge is 2.51. The van der Waals surface area contributed by atoms with Crippen molar-refractivity contribution < 1.29 is 19.4 Å². The molecule has 1 saturated carbocycles. The van der Waals surface area contributed by atoms with E-state index in [1.807, 2.05) is 78.9 Å². The SMILES string of the molecule is O=C(Nc1c(-c2ccc(-c3ccc(C4(C(=O)O)CC4)cc3)cc2)sc2ncc(Cl)cc12)OCc1ccccc1. The number of hydrogen-bond acceptors (Lipinski definition) is 5. The topological polar surface area (TPSA) is 88.5 Å². The van der Waals surface area contributed by atoms with E-state index in [0.717, 1.165) is 42.9 Å². The van der Waals surface area contributed by atoms with Gasteiger partial charge >= 0.3 is 12.1 Å². The summed E-state index contributed by atoms with van der Waals surface area (Å²) >= 11 is 7.70. The van der Waals surface area contributed by atoms with Crippen molar-refractivity contribution in [3.05, 3.63) is 107 Å². The van der Waals surface area contributed by atoms with Crippen molar-refractivity contribution in [1.82, 2.24) is 4.98 Å². The summed E-state index contributed by atoms with van der Waals surface area (Å²) in [5, 5.41) is 13.7. The molecule has 3 aromatic carbocycles. The molecule has 1 aliphatic carbocycles. The number of ether oxygens (including phenoxy) is 1. The summed E-state index contributed by atoms with van der Waals surface area (Å²) in [5.41, 5.74) is 4.54. The molecule has 5 aromatic rings. The number of carbonyl (C=O) groups excluding carboxylic acids is 1. The van der Waals surface area contributed by atoms with Crippen molar-refractivity contribution in [2.24, 2.45) is 0 Å². The van der Waals surface area contributed by atoms with E-state index in [1.165, 1.54) is 11.3 Å². The third kappa shape index (κ3) is 4.99. The fraction of sp³-hybridized carbons (Fsp3) is 0.129. The van der Waals surface area contributed by atoms with Gasteiger partial charge in [0.25, 0.3) is 0 Å². The number of fused-ring (bicyclic) bond motifs is 1. The highest BCUT2D eigenvalue weighted by atomic mass is 35.5. The number of nitrogens with one attached hydrogen (secondary N) is 1. The second-order valence-corrected chi connectivity index (χ2v) is 11.0. The smallest absolute Gasteiger partial charge is 0.412 e. The summed E-state index contributed by atoms with van der Waals surface area (Å²) in [6.07, 6.45) is 2.39. The van der Waals surface area contributed by atoms with Crippen molar-refractivity contribution in [2.45, 2.75) is 24.9 Å². The number of benzene rings is 3. The maximum atomic E-state index is 12.8. The number of hydrogen-bond donors (Lipinski definition) is 2. The van der Waals surface area contributed by atoms with Gasteiger partial charge in [-0.1, -0.05) is 90.5 Å². The number of nitrogens with zero attached hydrogens (tertiary/aromatic N) is 1. The van der Waals surface area contributed by atoms with Gasteiger partial charge in [0.2, 0.25) is 0 Å². The van der Waals surface area contributed by atoms with E-state index in [9.17, 15) is 14.7 Å². The van der Waals surface area contributed by atoms with Crippen LogP contribution in [0.5, 0.6) is 0 Å². The van der Waals surface area contributed by atoms with E-state index in [-0.39, 0.29) is 6.61 Å². The zero-order chi connectivity index (χ0) is 27.0. The minimum absolute atomic E-state index is 0.157. The molecular weight excluding hydrogens is 532 g/mol. The van der Waals surface area contributed by atoms with Crippen molar-refractivity contribution in [1.29, 1.82) is 0 Å². The second kappa shape index (κ2) is 10.2. The van der Waals surface area contributed by atoms with Gasteiger partial charge in [-0.25, -0.2) is 9.78 Å². The number of anilines is 1. The van der Waals surface area contributed by atoms with Crippen molar-refractivity contribution in [3.8, 4) is 21.6 Å². The number of rotatable bonds is 7. The van der Waals surface area contributed by atoms with Crippen molar-refractivity contribution in [2.75, 3.05) is 5.32 Å². The number of aromatic nitrogens is 1. The van der Waals surface area contributed by atoms with E-state index in [1.54, 1.807) is 12.3 Å². The monoisotopic (exact) mass is 554 g/mol. The molecule has 6 rings (SSSR count). The third-order valence-electron chi connectivity index (χ3n) is 7.03. The maximum absolute atomic E-state index is 12.8. The van der Waals surface area contributed by atoms with Gasteiger partial charge in [-0.15, -0.1) is 11.3 Å². The molecule has 2 aromatic heterocycles. The van der Waals surface area contributed by atoms with Crippen LogP contribution < -0.4 is 5.32 Å². The Hall–Kier alpha value is -4.20. The van der Waals surface area contributed by atoms with E-state index in [4.69, 9.17) is 16.3 Å². The second-order valence-electron chi connectivity index (χ2n) is 9.54. The van der Waals surface area contributed by atoms with E-state index >= 15 is 0 Å². The molecule has 0 aliphatic heterocycles. The van der Waals surface area contributed by atoms with E-state index < -0.39 is 17.5 Å². The van der Waals surface area contributed by atoms with Crippen LogP contribution >= 0.6 is 22.9 Å². The lowest BCUT2D eigenvalue weighted by Crippen LogP contribution is -2.19. The molecule has 6 nitrogen and oxygen atoms in total. The number of thiophene rings is 1. The summed E-state index contributed by atoms with van der Waals surface area (Å²) in [6, 6.07) is 27.1. The largest absolute Gasteiger partial charge is 0.481 e. The van der Waals surface area contributed by atoms with Gasteiger partial charge in [0.1, 0.15) is 11.4 Å². The normalized spacial score (nSPS) is 13.7. The van der Waals surface area contributed by atoms with Crippen molar-refractivity contribution in [3.63, 3.8) is 0 Å². The van der Waals surface area contributed by atoms with Gasteiger partial charge < -0.3 is 9.84 Å². The molecule has 1 amide bonds. The van der Waals surface area contributed by atoms with Gasteiger partial charge in [-0.2, -0.15) is 0 Å². The molecule has 0 radical (unpaired) electrons. The van der Waals surface area contributed by atoms with Crippen LogP contribution in [0.4, 0.5) is 10.5 Å². The number of amides is 1. The van der Waals surface area contributed by atoms with E-state index in [0.29, 0.717) is 23.6 Å². The number of carboxylic acids is 1. The minimum Gasteiger partial charge on any atom is -0.481 e. The standard InChI is InChI=1S/C31H23ClN2O4S/c32-24-16-25-26(34-30(37)38-18-19-4-2-1-3-5-19)27(39-28(25)33-17-24)22-8-6-20(7-9-22)21-10-12-23(13-11-21)31(14-15-31)29(35)36/h1-13,16-17H,14-15,18H2,(H,34,37)(H,35,36). The lowest BCUT2D eigenvalue weighted by Gasteiger charge is -2.12. The number of carboxylic acid groups (broad SMARTS) is 1. The van der Waals surface area contributed by atoms with Crippen LogP contribution in [0.3, 0.4) is 0 Å². The van der Waals surface area contributed by atoms with Crippen LogP contribution in [0.15, 0.2) is 91.1 Å². The molecule has 39 heavy (non-hydrogen) atoms. The minimum atomic E-state index is -0.757. The molecule has 0 spiro atoms. The summed E-state index contributed by atoms with van der Waals surface area (Å²) in [6.45, 7) is 0.157. The zero-order valence-electron chi connectivity index (χ0n) is 20.7. The fourth-order valence-electron chi connectivity index (χ4n) is 4.69. The predicted octanol–water partition coefficient (Wildman–Crippen LogP) is 8.15. The first-order chi connectivity index (χ1) is 18.9. The van der Waals surface area contributed by atoms with Crippen LogP contribution in [0.2, 0.25) is 5.02 Å². The van der Waals surface area contributed by atoms with E-state index in [2.05, 4.69) is 10.3 Å². The molecule has 0 unspecified atom stereocenters. The summed E-state index contributed by atoms with van der Waals surface area (Å²) < 4.78 is 5.47. The lowest BCUT2D eigenvalue weighted by molar-refractivity contribution is -0.140. The van der Waals surface area contributed by atoms with Gasteiger partial charge in [-0.3, -0.25) is 10.1 Å². The number of carbonyl (C=O) groups is 2. The van der Waals surface area contributed by atoms with Gasteiger partial charge in [0, 0.05) is 11.6 Å². The number of halogens is 1. The number of aliphatic carboxylic acids is 1. The third-order valence-corrected chi connectivity index (χ3v) is 8.40. The van der Waals surface area contributed by atoms with Gasteiger partial charge in [0.15, 0.2) is 0 Å². The summed E-state index contributed by atoms with van der Waals surface area (Å²) in [4.78, 5) is 30.5. The highest BCUT2D eigenvalue weighted by molar-refractivity contribution is 7.22. The zero-order valence-corrected chi connectivity index (χ0v) is 22.3. The van der Waals surface area contributed by atoms with Crippen LogP contribution in [0.1, 0.15) is 24.0 Å². The average molecular weight is 555 g/mol. The van der Waals surface area contributed by atoms with Gasteiger partial charge in [-0.05, 0) is 46.7 Å². The van der Waals surface area contributed by atoms with Gasteiger partial charge in [0.05, 0.1) is 21.0 Å². The molecule has 2 heterocycles. The average Bonchev–Trinajstić information content (AvgIpc) is 3.71. The Morgan fingerprint density at radius 2 is 1.59 bits per heavy atom. The Bertz CT molecular complexity index is 1680. The maximum Gasteiger partial charge on any atom is 0.412 e. The molecule has 194 valence electrons. The molecule has 0 bridgehead atoms. The molecule has 1 aliphatic rings. The summed E-state index contributed by atoms with van der Waals surface area (Å²) in [7, 11) is 0. The molecule has 8 heteroatoms. The first-order valence-electron chi connectivity index (χ1n) is 12.4. The molecule has 0 saturated heterocycles. The molecule has 2 N–H and O–H groups in total. The first kappa shape index (κ1) is 25.1. The predicted molar refractivity (Wildman–Crippen MR) is 154 cm³/mol. The Morgan fingerprint density at radius 3 is 2.23 bits per heavy atom. The summed E-state index contributed by atoms with van der Waals surface area (Å²) in [5.74, 6) is -0.757. The van der Waals surface area contributed by atoms with Crippen LogP contribution in [-0.4, -0.2) is 22.2 Å². The Balaban J connectivity index is 1.26. The first-order valence-corrected chi connectivity index (χ1v) is 13.6. The van der Waals surface area contributed by atoms with Crippen molar-refractivity contribution >= 4 is 50.9 Å². The highest BCUT2D eigenvalue weighted by Crippen LogP contribution is 2.49. The van der Waals surface area contributed by atoms with Crippen LogP contribution in [0, 0.1) is 0 Å². The fourth-order valence-corrected chi connectivity index (χ4v) is 5.94. The van der Waals surface area contributed by atoms with Crippen LogP contribution in [0.25, 0.3) is 31.8 Å². The van der Waals surface area contributed by atoms with Crippen LogP contribution in [-0.2, 0) is 21.6 Å². The molecular formula is C31H23ClN2O4S. The Morgan fingerprint density at radius 1 is 0.949 bits per heavy atom.